The molecule has 8 nitrogen and oxygen atoms in total. The Morgan fingerprint density at radius 2 is 2.30 bits per heavy atom. The molecule has 0 aliphatic carbocycles. The summed E-state index contributed by atoms with van der Waals surface area (Å²) < 4.78 is 5.45. The van der Waals surface area contributed by atoms with Crippen molar-refractivity contribution >= 4 is 18.2 Å². The number of carbonyl (C=O) groups is 2. The smallest absolute Gasteiger partial charge is 0.290 e. The van der Waals surface area contributed by atoms with Crippen LogP contribution in [0, 0.1) is 6.92 Å². The van der Waals surface area contributed by atoms with Crippen LogP contribution in [0.1, 0.15) is 12.7 Å². The van der Waals surface area contributed by atoms with E-state index in [-0.39, 0.29) is 6.47 Å². The Bertz CT molecular complexity index is 482. The van der Waals surface area contributed by atoms with Gasteiger partial charge < -0.3 is 20.5 Å². The Hall–Kier alpha value is -2.22. The number of aryl methyl sites for hydroxylation is 1. The fourth-order valence-corrected chi connectivity index (χ4v) is 1.83. The third-order valence-corrected chi connectivity index (χ3v) is 2.88. The second kappa shape index (κ2) is 6.80. The van der Waals surface area contributed by atoms with Gasteiger partial charge in [0.15, 0.2) is 5.60 Å². The first-order chi connectivity index (χ1) is 9.42. The highest BCUT2D eigenvalue weighted by Crippen LogP contribution is 2.21. The van der Waals surface area contributed by atoms with E-state index in [0.29, 0.717) is 25.5 Å². The Morgan fingerprint density at radius 1 is 1.65 bits per heavy atom. The number of carbonyl (C=O) groups excluding carboxylic acids is 1. The molecule has 8 heteroatoms. The van der Waals surface area contributed by atoms with Crippen molar-refractivity contribution in [1.82, 2.24) is 9.97 Å². The van der Waals surface area contributed by atoms with Gasteiger partial charge in [0.1, 0.15) is 11.6 Å². The topological polar surface area (TPSA) is 119 Å². The molecule has 0 bridgehead atoms. The summed E-state index contributed by atoms with van der Waals surface area (Å²) in [5, 5.41) is 6.89. The number of nitrogens with zero attached hydrogens (tertiary/aromatic N) is 3. The lowest BCUT2D eigenvalue weighted by atomic mass is 10.0. The molecule has 1 aromatic rings. The molecule has 1 aliphatic rings. The van der Waals surface area contributed by atoms with Crippen LogP contribution in [0.15, 0.2) is 12.3 Å². The number of anilines is 1. The van der Waals surface area contributed by atoms with Crippen LogP contribution in [0.4, 0.5) is 5.82 Å². The number of rotatable bonds is 2. The van der Waals surface area contributed by atoms with Crippen molar-refractivity contribution in [3.8, 4) is 0 Å². The zero-order valence-corrected chi connectivity index (χ0v) is 11.4. The maximum absolute atomic E-state index is 11.4. The molecule has 2 heterocycles. The SMILES string of the molecule is Cc1nccc(N2CCOC(C)(C(N)=O)C2)n1.O=CO. The molecule has 1 fully saturated rings. The van der Waals surface area contributed by atoms with E-state index in [1.54, 1.807) is 13.1 Å². The maximum Gasteiger partial charge on any atom is 0.290 e. The number of nitrogens with two attached hydrogens (primary N) is 1. The number of amides is 1. The van der Waals surface area contributed by atoms with E-state index in [0.717, 1.165) is 5.82 Å². The Morgan fingerprint density at radius 3 is 2.85 bits per heavy atom. The molecule has 1 aliphatic heterocycles. The summed E-state index contributed by atoms with van der Waals surface area (Å²) in [5.41, 5.74) is 4.40. The normalized spacial score (nSPS) is 21.6. The van der Waals surface area contributed by atoms with Gasteiger partial charge in [0.25, 0.3) is 12.4 Å². The van der Waals surface area contributed by atoms with Crippen LogP contribution >= 0.6 is 0 Å². The van der Waals surface area contributed by atoms with Crippen LogP contribution in [0.5, 0.6) is 0 Å². The Kier molecular flexibility index (Phi) is 5.39. The highest BCUT2D eigenvalue weighted by Gasteiger charge is 2.38. The van der Waals surface area contributed by atoms with Gasteiger partial charge in [-0.05, 0) is 19.9 Å². The van der Waals surface area contributed by atoms with Gasteiger partial charge in [-0.2, -0.15) is 0 Å². The summed E-state index contributed by atoms with van der Waals surface area (Å²) in [7, 11) is 0. The van der Waals surface area contributed by atoms with Crippen LogP contribution in [-0.2, 0) is 14.3 Å². The monoisotopic (exact) mass is 282 g/mol. The number of hydrogen-bond donors (Lipinski definition) is 2. The molecular formula is C12H18N4O4. The van der Waals surface area contributed by atoms with Crippen LogP contribution in [0.25, 0.3) is 0 Å². The second-order valence-corrected chi connectivity index (χ2v) is 4.43. The summed E-state index contributed by atoms with van der Waals surface area (Å²) in [5.74, 6) is 1.05. The Labute approximate surface area is 116 Å². The first-order valence-electron chi connectivity index (χ1n) is 5.99. The third-order valence-electron chi connectivity index (χ3n) is 2.88. The number of hydrogen-bond acceptors (Lipinski definition) is 6. The van der Waals surface area contributed by atoms with Crippen molar-refractivity contribution in [3.63, 3.8) is 0 Å². The molecule has 3 N–H and O–H groups in total. The number of morpholine rings is 1. The standard InChI is InChI=1S/C11H16N4O2.CH2O2/c1-8-13-4-3-9(14-8)15-5-6-17-11(2,7-15)10(12)16;2-1-3/h3-4H,5-7H2,1-2H3,(H2,12,16);1H,(H,2,3). The molecule has 0 radical (unpaired) electrons. The van der Waals surface area contributed by atoms with Gasteiger partial charge in [-0.15, -0.1) is 0 Å². The predicted octanol–water partition coefficient (Wildman–Crippen LogP) is -0.434. The molecule has 1 unspecified atom stereocenters. The number of aromatic nitrogens is 2. The van der Waals surface area contributed by atoms with E-state index < -0.39 is 11.5 Å². The first kappa shape index (κ1) is 15.8. The summed E-state index contributed by atoms with van der Waals surface area (Å²) >= 11 is 0. The summed E-state index contributed by atoms with van der Waals surface area (Å²) in [6.07, 6.45) is 1.70. The molecule has 0 aromatic carbocycles. The van der Waals surface area contributed by atoms with Crippen LogP contribution in [0.3, 0.4) is 0 Å². The van der Waals surface area contributed by atoms with Crippen molar-refractivity contribution in [2.24, 2.45) is 5.73 Å². The van der Waals surface area contributed by atoms with Crippen LogP contribution in [0.2, 0.25) is 0 Å². The van der Waals surface area contributed by atoms with Gasteiger partial charge in [0.2, 0.25) is 0 Å². The lowest BCUT2D eigenvalue weighted by molar-refractivity contribution is -0.142. The highest BCUT2D eigenvalue weighted by atomic mass is 16.5. The van der Waals surface area contributed by atoms with Crippen molar-refractivity contribution in [3.05, 3.63) is 18.1 Å². The minimum atomic E-state index is -0.947. The number of carboxylic acid groups (broad SMARTS) is 1. The molecule has 1 amide bonds. The van der Waals surface area contributed by atoms with Crippen molar-refractivity contribution in [1.29, 1.82) is 0 Å². The zero-order chi connectivity index (χ0) is 15.2. The number of ether oxygens (including phenoxy) is 1. The molecule has 1 aromatic heterocycles. The maximum atomic E-state index is 11.4. The van der Waals surface area contributed by atoms with Gasteiger partial charge in [-0.25, -0.2) is 9.97 Å². The van der Waals surface area contributed by atoms with E-state index in [9.17, 15) is 4.79 Å². The fraction of sp³-hybridized carbons (Fsp3) is 0.500. The number of primary amides is 1. The van der Waals surface area contributed by atoms with Crippen molar-refractivity contribution < 1.29 is 19.4 Å². The predicted molar refractivity (Wildman–Crippen MR) is 71.2 cm³/mol. The van der Waals surface area contributed by atoms with E-state index in [1.807, 2.05) is 17.9 Å². The molecule has 20 heavy (non-hydrogen) atoms. The molecule has 1 atom stereocenters. The average molecular weight is 282 g/mol. The molecule has 2 rings (SSSR count). The van der Waals surface area contributed by atoms with Crippen LogP contribution < -0.4 is 10.6 Å². The Balaban J connectivity index is 0.000000612. The zero-order valence-electron chi connectivity index (χ0n) is 11.4. The molecule has 110 valence electrons. The van der Waals surface area contributed by atoms with Gasteiger partial charge >= 0.3 is 0 Å². The van der Waals surface area contributed by atoms with E-state index in [1.165, 1.54) is 0 Å². The average Bonchev–Trinajstić information content (AvgIpc) is 2.39. The third kappa shape index (κ3) is 3.89. The molecule has 0 spiro atoms. The second-order valence-electron chi connectivity index (χ2n) is 4.43. The summed E-state index contributed by atoms with van der Waals surface area (Å²) in [6, 6.07) is 1.82. The van der Waals surface area contributed by atoms with Gasteiger partial charge in [-0.1, -0.05) is 0 Å². The van der Waals surface area contributed by atoms with Crippen LogP contribution in [-0.4, -0.2) is 52.8 Å². The van der Waals surface area contributed by atoms with Crippen molar-refractivity contribution in [2.45, 2.75) is 19.4 Å². The van der Waals surface area contributed by atoms with Gasteiger partial charge in [0, 0.05) is 12.7 Å². The van der Waals surface area contributed by atoms with Gasteiger partial charge in [0.05, 0.1) is 13.2 Å². The van der Waals surface area contributed by atoms with E-state index >= 15 is 0 Å². The van der Waals surface area contributed by atoms with Gasteiger partial charge in [-0.3, -0.25) is 9.59 Å². The van der Waals surface area contributed by atoms with Crippen molar-refractivity contribution in [2.75, 3.05) is 24.6 Å². The minimum Gasteiger partial charge on any atom is -0.483 e. The molecule has 0 saturated carbocycles. The quantitative estimate of drug-likeness (QED) is 0.706. The fourth-order valence-electron chi connectivity index (χ4n) is 1.83. The molecular weight excluding hydrogens is 264 g/mol. The van der Waals surface area contributed by atoms with E-state index in [2.05, 4.69) is 9.97 Å². The highest BCUT2D eigenvalue weighted by molar-refractivity contribution is 5.84. The summed E-state index contributed by atoms with van der Waals surface area (Å²) in [4.78, 5) is 30.1. The minimum absolute atomic E-state index is 0.250. The van der Waals surface area contributed by atoms with E-state index in [4.69, 9.17) is 20.4 Å². The first-order valence-corrected chi connectivity index (χ1v) is 5.99. The summed E-state index contributed by atoms with van der Waals surface area (Å²) in [6.45, 7) is 4.85. The lowest BCUT2D eigenvalue weighted by Crippen LogP contribution is -2.57. The lowest BCUT2D eigenvalue weighted by Gasteiger charge is -2.38. The largest absolute Gasteiger partial charge is 0.483 e. The molecule has 1 saturated heterocycles.